The van der Waals surface area contributed by atoms with Crippen LogP contribution < -0.4 is 4.90 Å². The summed E-state index contributed by atoms with van der Waals surface area (Å²) in [6.45, 7) is 1.47. The lowest BCUT2D eigenvalue weighted by Gasteiger charge is -2.37. The lowest BCUT2D eigenvalue weighted by molar-refractivity contribution is -0.124. The number of anilines is 1. The highest BCUT2D eigenvalue weighted by molar-refractivity contribution is 7.91. The molecular weight excluding hydrogens is 721 g/mol. The van der Waals surface area contributed by atoms with Crippen LogP contribution in [0.2, 0.25) is 0 Å². The van der Waals surface area contributed by atoms with E-state index in [-0.39, 0.29) is 24.0 Å². The van der Waals surface area contributed by atoms with Crippen LogP contribution in [0.1, 0.15) is 47.2 Å². The first-order valence-corrected chi connectivity index (χ1v) is 21.0. The van der Waals surface area contributed by atoms with Crippen LogP contribution in [0, 0.1) is 5.41 Å². The maximum atomic E-state index is 14.4. The van der Waals surface area contributed by atoms with Crippen LogP contribution >= 0.6 is 0 Å². The molecule has 3 aliphatic rings. The van der Waals surface area contributed by atoms with Crippen molar-refractivity contribution in [1.29, 1.82) is 0 Å². The lowest BCUT2D eigenvalue weighted by Crippen LogP contribution is -2.39. The Kier molecular flexibility index (Phi) is 9.08. The summed E-state index contributed by atoms with van der Waals surface area (Å²) >= 11 is 0. The zero-order valence-electron chi connectivity index (χ0n) is 31.0. The van der Waals surface area contributed by atoms with E-state index in [0.29, 0.717) is 44.6 Å². The fourth-order valence-corrected chi connectivity index (χ4v) is 10.0. The summed E-state index contributed by atoms with van der Waals surface area (Å²) in [6.07, 6.45) is 2.93. The fourth-order valence-electron chi connectivity index (χ4n) is 8.85. The zero-order chi connectivity index (χ0) is 38.3. The minimum atomic E-state index is -3.20. The Morgan fingerprint density at radius 3 is 1.95 bits per heavy atom. The maximum absolute atomic E-state index is 14.4. The van der Waals surface area contributed by atoms with E-state index in [2.05, 4.69) is 41.1 Å². The predicted molar refractivity (Wildman–Crippen MR) is 218 cm³/mol. The van der Waals surface area contributed by atoms with Gasteiger partial charge in [0.1, 0.15) is 12.1 Å². The second-order valence-electron chi connectivity index (χ2n) is 15.1. The Morgan fingerprint density at radius 1 is 0.768 bits per heavy atom. The molecule has 2 saturated heterocycles. The van der Waals surface area contributed by atoms with E-state index < -0.39 is 26.9 Å². The molecule has 1 aromatic heterocycles. The molecule has 0 radical (unpaired) electrons. The summed E-state index contributed by atoms with van der Waals surface area (Å²) in [5.74, 6) is -0.000144. The lowest BCUT2D eigenvalue weighted by atomic mass is 9.77. The minimum Gasteiger partial charge on any atom is -0.445 e. The average Bonchev–Trinajstić information content (AvgIpc) is 3.94. The number of ether oxygens (including phenoxy) is 1. The normalized spacial score (nSPS) is 19.4. The third kappa shape index (κ3) is 6.18. The van der Waals surface area contributed by atoms with Crippen molar-refractivity contribution < 1.29 is 22.7 Å². The molecule has 0 saturated carbocycles. The number of rotatable bonds is 8. The molecule has 2 fully saturated rings. The molecular formula is C46H42N4O5S. The Bertz CT molecular complexity index is 2460. The summed E-state index contributed by atoms with van der Waals surface area (Å²) < 4.78 is 33.0. The zero-order valence-corrected chi connectivity index (χ0v) is 31.8. The molecule has 3 aliphatic heterocycles. The van der Waals surface area contributed by atoms with E-state index >= 15 is 0 Å². The van der Waals surface area contributed by atoms with Crippen LogP contribution in [-0.2, 0) is 31.5 Å². The number of sulfone groups is 1. The van der Waals surface area contributed by atoms with Crippen LogP contribution in [0.4, 0.5) is 10.5 Å². The van der Waals surface area contributed by atoms with Gasteiger partial charge in [0.05, 0.1) is 28.1 Å². The van der Waals surface area contributed by atoms with Crippen molar-refractivity contribution in [3.63, 3.8) is 0 Å². The van der Waals surface area contributed by atoms with Gasteiger partial charge in [-0.05, 0) is 65.3 Å². The summed E-state index contributed by atoms with van der Waals surface area (Å²) in [4.78, 5) is 31.1. The van der Waals surface area contributed by atoms with Gasteiger partial charge in [0, 0.05) is 30.7 Å². The molecule has 0 unspecified atom stereocenters. The quantitative estimate of drug-likeness (QED) is 0.147. The summed E-state index contributed by atoms with van der Waals surface area (Å²) in [5.41, 5.74) is 5.55. The molecule has 56 heavy (non-hydrogen) atoms. The molecule has 6 aromatic rings. The summed E-state index contributed by atoms with van der Waals surface area (Å²) in [6, 6.07) is 46.7. The second-order valence-corrected chi connectivity index (χ2v) is 17.3. The van der Waals surface area contributed by atoms with Gasteiger partial charge >= 0.3 is 6.09 Å². The molecule has 1 spiro atoms. The van der Waals surface area contributed by atoms with E-state index in [0.717, 1.165) is 44.4 Å². The van der Waals surface area contributed by atoms with Crippen LogP contribution in [0.3, 0.4) is 0 Å². The van der Waals surface area contributed by atoms with Crippen molar-refractivity contribution in [2.45, 2.75) is 31.4 Å². The van der Waals surface area contributed by atoms with Gasteiger partial charge in [-0.15, -0.1) is 0 Å². The van der Waals surface area contributed by atoms with Gasteiger partial charge in [-0.2, -0.15) is 5.10 Å². The molecule has 9 nitrogen and oxygen atoms in total. The molecule has 2 amide bonds. The van der Waals surface area contributed by atoms with Gasteiger partial charge in [0.2, 0.25) is 5.91 Å². The Labute approximate surface area is 326 Å². The fraction of sp³-hybridized carbons (Fsp3) is 0.239. The van der Waals surface area contributed by atoms with E-state index in [1.54, 1.807) is 11.0 Å². The number of likely N-dealkylation sites (tertiary alicyclic amines) is 1. The van der Waals surface area contributed by atoms with Crippen LogP contribution in [0.15, 0.2) is 146 Å². The van der Waals surface area contributed by atoms with Gasteiger partial charge in [-0.3, -0.25) is 4.79 Å². The first-order valence-electron chi connectivity index (χ1n) is 19.1. The van der Waals surface area contributed by atoms with Crippen LogP contribution in [0.25, 0.3) is 16.5 Å². The standard InChI is InChI=1S/C46H42N4O5S/c51-43-45(25-27-48(33-45)44(52)55-32-34-13-5-1-6-14-34)26-28-49(43)39-21-22-41-40(31-39)42(35-23-29-56(53,54)30-24-35)47-50(41)46(36-15-7-2-8-16-36,37-17-9-3-10-18-37)38-19-11-4-12-20-38/h1-23,31H,24-30,32-33H2/t45-/m0/s1. The van der Waals surface area contributed by atoms with Crippen molar-refractivity contribution >= 4 is 44.0 Å². The molecule has 9 rings (SSSR count). The molecule has 282 valence electrons. The average molecular weight is 763 g/mol. The molecule has 5 aromatic carbocycles. The van der Waals surface area contributed by atoms with Crippen molar-refractivity contribution in [3.05, 3.63) is 174 Å². The minimum absolute atomic E-state index is 0.000620. The number of carbonyl (C=O) groups is 2. The first-order chi connectivity index (χ1) is 27.3. The van der Waals surface area contributed by atoms with Crippen molar-refractivity contribution in [3.8, 4) is 0 Å². The third-order valence-electron chi connectivity index (χ3n) is 11.8. The smallest absolute Gasteiger partial charge is 0.410 e. The van der Waals surface area contributed by atoms with Crippen LogP contribution in [-0.4, -0.2) is 66.2 Å². The molecule has 4 heterocycles. The highest BCUT2D eigenvalue weighted by atomic mass is 32.2. The second kappa shape index (κ2) is 14.3. The van der Waals surface area contributed by atoms with Gasteiger partial charge in [-0.1, -0.05) is 127 Å². The number of carbonyl (C=O) groups excluding carboxylic acids is 2. The number of benzene rings is 5. The summed E-state index contributed by atoms with van der Waals surface area (Å²) in [5, 5.41) is 6.32. The third-order valence-corrected chi connectivity index (χ3v) is 13.3. The van der Waals surface area contributed by atoms with Gasteiger partial charge in [-0.25, -0.2) is 17.9 Å². The van der Waals surface area contributed by atoms with Gasteiger partial charge in [0.25, 0.3) is 0 Å². The molecule has 10 heteroatoms. The number of fused-ring (bicyclic) bond motifs is 1. The topological polar surface area (TPSA) is 102 Å². The first kappa shape index (κ1) is 35.7. The van der Waals surface area contributed by atoms with Crippen LogP contribution in [0.5, 0.6) is 0 Å². The number of nitrogens with zero attached hydrogens (tertiary/aromatic N) is 4. The van der Waals surface area contributed by atoms with Crippen molar-refractivity contribution in [1.82, 2.24) is 14.7 Å². The summed E-state index contributed by atoms with van der Waals surface area (Å²) in [7, 11) is -3.20. The van der Waals surface area contributed by atoms with Gasteiger partial charge < -0.3 is 14.5 Å². The number of allylic oxidation sites excluding steroid dienone is 1. The molecule has 1 atom stereocenters. The predicted octanol–water partition coefficient (Wildman–Crippen LogP) is 7.84. The van der Waals surface area contributed by atoms with E-state index in [1.165, 1.54) is 0 Å². The highest BCUT2D eigenvalue weighted by Gasteiger charge is 2.52. The van der Waals surface area contributed by atoms with E-state index in [4.69, 9.17) is 9.84 Å². The van der Waals surface area contributed by atoms with Crippen molar-refractivity contribution in [2.75, 3.05) is 36.0 Å². The Hall–Kier alpha value is -6.00. The number of amides is 2. The Morgan fingerprint density at radius 2 is 1.36 bits per heavy atom. The largest absolute Gasteiger partial charge is 0.445 e. The molecule has 0 aliphatic carbocycles. The Balaban J connectivity index is 1.14. The molecule has 0 N–H and O–H groups in total. The van der Waals surface area contributed by atoms with Gasteiger partial charge in [0.15, 0.2) is 9.84 Å². The monoisotopic (exact) mass is 762 g/mol. The van der Waals surface area contributed by atoms with Crippen molar-refractivity contribution in [2.24, 2.45) is 5.41 Å². The number of hydrogen-bond acceptors (Lipinski definition) is 6. The van der Waals surface area contributed by atoms with E-state index in [1.807, 2.05) is 108 Å². The number of aromatic nitrogens is 2. The maximum Gasteiger partial charge on any atom is 0.410 e. The molecule has 0 bridgehead atoms. The SMILES string of the molecule is O=C(OCc1ccccc1)N1CC[C@]2(CCN(c3ccc4c(c3)c(C3=CCS(=O)(=O)CC3)nn4C(c3ccccc3)(c3ccccc3)c3ccccc3)C2=O)C1. The van der Waals surface area contributed by atoms with E-state index in [9.17, 15) is 18.0 Å². The highest BCUT2D eigenvalue weighted by Crippen LogP contribution is 2.46. The number of hydrogen-bond donors (Lipinski definition) is 0.